The number of nitro benzene ring substituents is 1. The Balaban J connectivity index is 1.90. The van der Waals surface area contributed by atoms with E-state index in [4.69, 9.17) is 0 Å². The first-order valence-electron chi connectivity index (χ1n) is 6.90. The summed E-state index contributed by atoms with van der Waals surface area (Å²) in [7, 11) is 0. The summed E-state index contributed by atoms with van der Waals surface area (Å²) in [4.78, 5) is 13.3. The minimum atomic E-state index is -0.248. The van der Waals surface area contributed by atoms with Crippen molar-refractivity contribution in [1.82, 2.24) is 10.2 Å². The molecular weight excluding hydrogens is 242 g/mol. The third-order valence-corrected chi connectivity index (χ3v) is 4.25. The van der Waals surface area contributed by atoms with Gasteiger partial charge in [0.05, 0.1) is 4.92 Å². The molecule has 1 saturated heterocycles. The zero-order chi connectivity index (χ0) is 13.4. The quantitative estimate of drug-likeness (QED) is 0.652. The van der Waals surface area contributed by atoms with E-state index < -0.39 is 0 Å². The number of nitro groups is 1. The highest BCUT2D eigenvalue weighted by atomic mass is 16.6. The molecule has 1 fully saturated rings. The van der Waals surface area contributed by atoms with Gasteiger partial charge in [0.15, 0.2) is 0 Å². The predicted molar refractivity (Wildman–Crippen MR) is 73.2 cm³/mol. The topological polar surface area (TPSA) is 58.4 Å². The van der Waals surface area contributed by atoms with E-state index in [1.54, 1.807) is 6.07 Å². The largest absolute Gasteiger partial charge is 0.312 e. The first-order chi connectivity index (χ1) is 9.16. The molecule has 5 heteroatoms. The molecule has 1 N–H and O–H groups in total. The molecule has 1 aromatic carbocycles. The number of benzene rings is 1. The predicted octanol–water partition coefficient (Wildman–Crippen LogP) is 1.88. The number of nitrogens with one attached hydrogen (secondary N) is 1. The Labute approximate surface area is 112 Å². The van der Waals surface area contributed by atoms with Gasteiger partial charge in [-0.25, -0.2) is 0 Å². The van der Waals surface area contributed by atoms with Crippen LogP contribution in [0.5, 0.6) is 0 Å². The molecule has 2 unspecified atom stereocenters. The van der Waals surface area contributed by atoms with Gasteiger partial charge in [-0.3, -0.25) is 15.0 Å². The second-order valence-electron chi connectivity index (χ2n) is 5.51. The van der Waals surface area contributed by atoms with E-state index in [1.165, 1.54) is 5.56 Å². The molecule has 3 rings (SSSR count). The third kappa shape index (κ3) is 2.24. The maximum Gasteiger partial charge on any atom is 0.272 e. The molecule has 1 aromatic rings. The minimum Gasteiger partial charge on any atom is -0.312 e. The van der Waals surface area contributed by atoms with E-state index in [2.05, 4.69) is 23.2 Å². The van der Waals surface area contributed by atoms with Crippen molar-refractivity contribution < 1.29 is 4.92 Å². The van der Waals surface area contributed by atoms with Crippen LogP contribution in [-0.2, 0) is 6.42 Å². The first kappa shape index (κ1) is 12.6. The number of rotatable bonds is 2. The van der Waals surface area contributed by atoms with Crippen molar-refractivity contribution in [3.8, 4) is 0 Å². The molecule has 0 amide bonds. The Morgan fingerprint density at radius 2 is 2.32 bits per heavy atom. The van der Waals surface area contributed by atoms with Crippen molar-refractivity contribution in [3.05, 3.63) is 39.4 Å². The molecule has 0 saturated carbocycles. The van der Waals surface area contributed by atoms with Crippen LogP contribution < -0.4 is 5.32 Å². The van der Waals surface area contributed by atoms with Crippen molar-refractivity contribution in [2.24, 2.45) is 0 Å². The lowest BCUT2D eigenvalue weighted by molar-refractivity contribution is -0.385. The van der Waals surface area contributed by atoms with Gasteiger partial charge < -0.3 is 5.32 Å². The molecule has 102 valence electrons. The summed E-state index contributed by atoms with van der Waals surface area (Å²) >= 11 is 0. The molecule has 1 heterocycles. The Hall–Kier alpha value is -1.46. The maximum atomic E-state index is 11.1. The van der Waals surface area contributed by atoms with Gasteiger partial charge in [-0.1, -0.05) is 12.1 Å². The number of hydrogen-bond acceptors (Lipinski definition) is 4. The molecule has 5 nitrogen and oxygen atoms in total. The van der Waals surface area contributed by atoms with Gasteiger partial charge in [-0.2, -0.15) is 0 Å². The van der Waals surface area contributed by atoms with Crippen LogP contribution >= 0.6 is 0 Å². The lowest BCUT2D eigenvalue weighted by Gasteiger charge is -2.36. The standard InChI is InChI=1S/C14H19N3O2/c1-10-9-16(8-7-15-10)13-6-5-12-11(13)3-2-4-14(12)17(18)19/h2-4,10,13,15H,5-9H2,1H3. The van der Waals surface area contributed by atoms with Gasteiger partial charge in [0.1, 0.15) is 0 Å². The number of nitrogens with zero attached hydrogens (tertiary/aromatic N) is 2. The van der Waals surface area contributed by atoms with Crippen LogP contribution in [0, 0.1) is 10.1 Å². The summed E-state index contributed by atoms with van der Waals surface area (Å²) in [6.45, 7) is 5.24. The second-order valence-corrected chi connectivity index (χ2v) is 5.51. The van der Waals surface area contributed by atoms with Crippen LogP contribution in [0.4, 0.5) is 5.69 Å². The highest BCUT2D eigenvalue weighted by Crippen LogP contribution is 2.40. The zero-order valence-corrected chi connectivity index (χ0v) is 11.1. The minimum absolute atomic E-state index is 0.248. The molecule has 0 bridgehead atoms. The molecule has 2 atom stereocenters. The number of piperazine rings is 1. The van der Waals surface area contributed by atoms with Gasteiger partial charge in [0, 0.05) is 43.3 Å². The fourth-order valence-corrected chi connectivity index (χ4v) is 3.41. The summed E-state index contributed by atoms with van der Waals surface area (Å²) in [5.41, 5.74) is 2.41. The van der Waals surface area contributed by atoms with Crippen LogP contribution in [0.25, 0.3) is 0 Å². The molecular formula is C14H19N3O2. The van der Waals surface area contributed by atoms with Gasteiger partial charge >= 0.3 is 0 Å². The molecule has 2 aliphatic rings. The second kappa shape index (κ2) is 4.90. The summed E-state index contributed by atoms with van der Waals surface area (Å²) in [5, 5.41) is 14.5. The van der Waals surface area contributed by atoms with Crippen LogP contribution in [-0.4, -0.2) is 35.5 Å². The van der Waals surface area contributed by atoms with Crippen molar-refractivity contribution >= 4 is 5.69 Å². The maximum absolute atomic E-state index is 11.1. The molecule has 0 spiro atoms. The zero-order valence-electron chi connectivity index (χ0n) is 11.1. The monoisotopic (exact) mass is 261 g/mol. The van der Waals surface area contributed by atoms with Crippen LogP contribution in [0.1, 0.15) is 30.5 Å². The Morgan fingerprint density at radius 1 is 1.47 bits per heavy atom. The normalized spacial score (nSPS) is 27.2. The first-order valence-corrected chi connectivity index (χ1v) is 6.90. The Bertz CT molecular complexity index is 503. The molecule has 1 aliphatic carbocycles. The van der Waals surface area contributed by atoms with Crippen molar-refractivity contribution in [1.29, 1.82) is 0 Å². The summed E-state index contributed by atoms with van der Waals surface area (Å²) in [5.74, 6) is 0. The third-order valence-electron chi connectivity index (χ3n) is 4.25. The average Bonchev–Trinajstić information content (AvgIpc) is 2.82. The van der Waals surface area contributed by atoms with Crippen LogP contribution in [0.3, 0.4) is 0 Å². The van der Waals surface area contributed by atoms with Gasteiger partial charge in [0.25, 0.3) is 5.69 Å². The number of fused-ring (bicyclic) bond motifs is 1. The van der Waals surface area contributed by atoms with E-state index in [0.717, 1.165) is 38.0 Å². The number of hydrogen-bond donors (Lipinski definition) is 1. The van der Waals surface area contributed by atoms with Crippen LogP contribution in [0.15, 0.2) is 18.2 Å². The van der Waals surface area contributed by atoms with Crippen molar-refractivity contribution in [2.75, 3.05) is 19.6 Å². The van der Waals surface area contributed by atoms with Gasteiger partial charge in [0.2, 0.25) is 0 Å². The van der Waals surface area contributed by atoms with E-state index in [0.29, 0.717) is 17.8 Å². The SMILES string of the molecule is CC1CN(C2CCc3c2cccc3[N+](=O)[O-])CCN1. The van der Waals surface area contributed by atoms with Crippen LogP contribution in [0.2, 0.25) is 0 Å². The smallest absolute Gasteiger partial charge is 0.272 e. The summed E-state index contributed by atoms with van der Waals surface area (Å²) < 4.78 is 0. The fraction of sp³-hybridized carbons (Fsp3) is 0.571. The van der Waals surface area contributed by atoms with Gasteiger partial charge in [-0.15, -0.1) is 0 Å². The van der Waals surface area contributed by atoms with Crippen molar-refractivity contribution in [2.45, 2.75) is 31.8 Å². The van der Waals surface area contributed by atoms with E-state index in [9.17, 15) is 10.1 Å². The van der Waals surface area contributed by atoms with Gasteiger partial charge in [-0.05, 0) is 25.3 Å². The van der Waals surface area contributed by atoms with E-state index in [1.807, 2.05) is 6.07 Å². The molecule has 19 heavy (non-hydrogen) atoms. The van der Waals surface area contributed by atoms with E-state index in [-0.39, 0.29) is 4.92 Å². The highest BCUT2D eigenvalue weighted by Gasteiger charge is 2.33. The Morgan fingerprint density at radius 3 is 3.05 bits per heavy atom. The Kier molecular flexibility index (Phi) is 3.24. The van der Waals surface area contributed by atoms with E-state index >= 15 is 0 Å². The molecule has 0 radical (unpaired) electrons. The summed E-state index contributed by atoms with van der Waals surface area (Å²) in [6, 6.07) is 6.37. The average molecular weight is 261 g/mol. The fourth-order valence-electron chi connectivity index (χ4n) is 3.41. The molecule has 1 aliphatic heterocycles. The molecule has 0 aromatic heterocycles. The lowest BCUT2D eigenvalue weighted by Crippen LogP contribution is -2.49. The van der Waals surface area contributed by atoms with Crippen molar-refractivity contribution in [3.63, 3.8) is 0 Å². The lowest BCUT2D eigenvalue weighted by atomic mass is 10.0. The summed E-state index contributed by atoms with van der Waals surface area (Å²) in [6.07, 6.45) is 1.84. The highest BCUT2D eigenvalue weighted by molar-refractivity contribution is 5.49.